The number of fused-ring (bicyclic) bond motifs is 7. The lowest BCUT2D eigenvalue weighted by atomic mass is 9.78. The highest BCUT2D eigenvalue weighted by molar-refractivity contribution is 5.90. The van der Waals surface area contributed by atoms with Crippen LogP contribution in [0.4, 0.5) is 0 Å². The summed E-state index contributed by atoms with van der Waals surface area (Å²) in [5.74, 6) is 0. The molecule has 0 saturated heterocycles. The van der Waals surface area contributed by atoms with Crippen LogP contribution in [0.1, 0.15) is 41.7 Å². The van der Waals surface area contributed by atoms with Gasteiger partial charge >= 0.3 is 0 Å². The van der Waals surface area contributed by atoms with Crippen LogP contribution < -0.4 is 0 Å². The molecule has 0 radical (unpaired) electrons. The van der Waals surface area contributed by atoms with Gasteiger partial charge in [-0.2, -0.15) is 0 Å². The zero-order valence-corrected chi connectivity index (χ0v) is 17.2. The summed E-state index contributed by atoms with van der Waals surface area (Å²) in [6, 6.07) is 29.5. The van der Waals surface area contributed by atoms with Crippen LogP contribution in [0.5, 0.6) is 0 Å². The first kappa shape index (κ1) is 16.8. The Hall–Kier alpha value is -3.12. The Balaban J connectivity index is 1.54. The molecule has 2 aliphatic rings. The van der Waals surface area contributed by atoms with Crippen molar-refractivity contribution in [2.45, 2.75) is 32.6 Å². The summed E-state index contributed by atoms with van der Waals surface area (Å²) < 4.78 is 0. The third kappa shape index (κ3) is 2.26. The maximum atomic E-state index is 2.43. The molecule has 0 unspecified atom stereocenters. The van der Waals surface area contributed by atoms with Crippen molar-refractivity contribution in [1.29, 1.82) is 0 Å². The largest absolute Gasteiger partial charge is 0.0619 e. The monoisotopic (exact) mass is 372 g/mol. The van der Waals surface area contributed by atoms with Crippen LogP contribution in [-0.2, 0) is 11.8 Å². The molecule has 0 N–H and O–H groups in total. The van der Waals surface area contributed by atoms with Crippen molar-refractivity contribution in [3.8, 4) is 33.4 Å². The zero-order chi connectivity index (χ0) is 19.8. The minimum absolute atomic E-state index is 0.0127. The van der Waals surface area contributed by atoms with Crippen LogP contribution in [-0.4, -0.2) is 0 Å². The highest BCUT2D eigenvalue weighted by Gasteiger charge is 2.39. The molecule has 0 aromatic heterocycles. The maximum Gasteiger partial charge on any atom is 0.0162 e. The minimum Gasteiger partial charge on any atom is -0.0619 e. The van der Waals surface area contributed by atoms with Gasteiger partial charge < -0.3 is 0 Å². The topological polar surface area (TPSA) is 0 Å². The Morgan fingerprint density at radius 2 is 1.34 bits per heavy atom. The summed E-state index contributed by atoms with van der Waals surface area (Å²) in [7, 11) is 0. The summed E-state index contributed by atoms with van der Waals surface area (Å²) in [6.45, 7) is 6.95. The van der Waals surface area contributed by atoms with Gasteiger partial charge in [0.15, 0.2) is 0 Å². The molecule has 0 heterocycles. The van der Waals surface area contributed by atoms with Gasteiger partial charge in [-0.3, -0.25) is 0 Å². The van der Waals surface area contributed by atoms with Gasteiger partial charge in [0.2, 0.25) is 0 Å². The summed E-state index contributed by atoms with van der Waals surface area (Å²) in [5, 5.41) is 0. The fourth-order valence-electron chi connectivity index (χ4n) is 5.51. The molecule has 0 saturated carbocycles. The number of aryl methyl sites for hydroxylation is 1. The molecule has 0 atom stereocenters. The lowest BCUT2D eigenvalue weighted by molar-refractivity contribution is 0.654. The van der Waals surface area contributed by atoms with Gasteiger partial charge in [0.05, 0.1) is 0 Å². The minimum atomic E-state index is 0.0127. The van der Waals surface area contributed by atoms with E-state index in [1.807, 2.05) is 0 Å². The van der Waals surface area contributed by atoms with E-state index in [9.17, 15) is 0 Å². The first-order valence-corrected chi connectivity index (χ1v) is 10.5. The Bertz CT molecular complexity index is 1290. The molecular weight excluding hydrogens is 348 g/mol. The average molecular weight is 373 g/mol. The number of hydrogen-bond acceptors (Lipinski definition) is 0. The van der Waals surface area contributed by atoms with Crippen molar-refractivity contribution >= 4 is 0 Å². The fraction of sp³-hybridized carbons (Fsp3) is 0.172. The normalized spacial score (nSPS) is 14.9. The van der Waals surface area contributed by atoms with Crippen LogP contribution in [0.15, 0.2) is 78.9 Å². The second-order valence-electron chi connectivity index (χ2n) is 9.10. The van der Waals surface area contributed by atoms with E-state index in [0.717, 1.165) is 6.42 Å². The molecule has 0 bridgehead atoms. The molecule has 140 valence electrons. The van der Waals surface area contributed by atoms with Gasteiger partial charge in [0.25, 0.3) is 0 Å². The predicted octanol–water partition coefficient (Wildman–Crippen LogP) is 7.54. The van der Waals surface area contributed by atoms with E-state index < -0.39 is 0 Å². The third-order valence-corrected chi connectivity index (χ3v) is 6.98. The van der Waals surface area contributed by atoms with Gasteiger partial charge in [-0.05, 0) is 75.0 Å². The molecular formula is C29H24. The molecule has 6 rings (SSSR count). The molecule has 0 amide bonds. The number of rotatable bonds is 1. The first-order chi connectivity index (χ1) is 14.0. The second-order valence-corrected chi connectivity index (χ2v) is 9.10. The van der Waals surface area contributed by atoms with Crippen molar-refractivity contribution < 1.29 is 0 Å². The van der Waals surface area contributed by atoms with E-state index >= 15 is 0 Å². The van der Waals surface area contributed by atoms with Crippen molar-refractivity contribution in [1.82, 2.24) is 0 Å². The third-order valence-electron chi connectivity index (χ3n) is 6.98. The second kappa shape index (κ2) is 5.70. The number of benzene rings is 4. The molecule has 4 aromatic rings. The molecule has 29 heavy (non-hydrogen) atoms. The van der Waals surface area contributed by atoms with Gasteiger partial charge in [-0.15, -0.1) is 0 Å². The van der Waals surface area contributed by atoms with E-state index in [1.54, 1.807) is 0 Å². The van der Waals surface area contributed by atoms with Crippen molar-refractivity contribution in [2.75, 3.05) is 0 Å². The first-order valence-electron chi connectivity index (χ1n) is 10.5. The molecule has 0 aliphatic heterocycles. The Morgan fingerprint density at radius 3 is 2.17 bits per heavy atom. The van der Waals surface area contributed by atoms with Crippen LogP contribution in [0.2, 0.25) is 0 Å². The maximum absolute atomic E-state index is 2.43. The standard InChI is InChI=1S/C29H24/c1-18-8-10-19(11-9-18)20-12-13-24-25-15-14-23-22-7-5-4-6-21(22)16-26(23)28(25)29(2,3)27(24)17-20/h4-15,17H,16H2,1-3H3. The summed E-state index contributed by atoms with van der Waals surface area (Å²) >= 11 is 0. The molecule has 0 heteroatoms. The average Bonchev–Trinajstić information content (AvgIpc) is 3.21. The molecule has 2 aliphatic carbocycles. The summed E-state index contributed by atoms with van der Waals surface area (Å²) in [4.78, 5) is 0. The van der Waals surface area contributed by atoms with E-state index in [0.29, 0.717) is 0 Å². The van der Waals surface area contributed by atoms with Gasteiger partial charge in [-0.25, -0.2) is 0 Å². The van der Waals surface area contributed by atoms with Crippen LogP contribution in [0, 0.1) is 6.92 Å². The van der Waals surface area contributed by atoms with Crippen LogP contribution in [0.25, 0.3) is 33.4 Å². The summed E-state index contributed by atoms with van der Waals surface area (Å²) in [6.07, 6.45) is 1.05. The quantitative estimate of drug-likeness (QED) is 0.285. The zero-order valence-electron chi connectivity index (χ0n) is 17.2. The van der Waals surface area contributed by atoms with Crippen molar-refractivity contribution in [3.05, 3.63) is 107 Å². The van der Waals surface area contributed by atoms with E-state index in [1.165, 1.54) is 61.2 Å². The highest BCUT2D eigenvalue weighted by atomic mass is 14.4. The predicted molar refractivity (Wildman–Crippen MR) is 122 cm³/mol. The molecule has 0 nitrogen and oxygen atoms in total. The lowest BCUT2D eigenvalue weighted by Crippen LogP contribution is -2.17. The lowest BCUT2D eigenvalue weighted by Gasteiger charge is -2.24. The Morgan fingerprint density at radius 1 is 0.655 bits per heavy atom. The smallest absolute Gasteiger partial charge is 0.0162 e. The van der Waals surface area contributed by atoms with E-state index in [2.05, 4.69) is 99.6 Å². The highest BCUT2D eigenvalue weighted by Crippen LogP contribution is 2.54. The van der Waals surface area contributed by atoms with Gasteiger partial charge in [-0.1, -0.05) is 92.2 Å². The Kier molecular flexibility index (Phi) is 3.30. The SMILES string of the molecule is Cc1ccc(-c2ccc3c(c2)C(C)(C)c2c-3ccc3c2Cc2ccccc2-3)cc1. The van der Waals surface area contributed by atoms with Crippen LogP contribution in [0.3, 0.4) is 0 Å². The van der Waals surface area contributed by atoms with Gasteiger partial charge in [0, 0.05) is 5.41 Å². The number of hydrogen-bond donors (Lipinski definition) is 0. The van der Waals surface area contributed by atoms with E-state index in [-0.39, 0.29) is 5.41 Å². The molecule has 0 fully saturated rings. The van der Waals surface area contributed by atoms with Gasteiger partial charge in [0.1, 0.15) is 0 Å². The fourth-order valence-corrected chi connectivity index (χ4v) is 5.51. The molecule has 0 spiro atoms. The summed E-state index contributed by atoms with van der Waals surface area (Å²) in [5.41, 5.74) is 15.6. The van der Waals surface area contributed by atoms with Crippen molar-refractivity contribution in [2.24, 2.45) is 0 Å². The molecule has 4 aromatic carbocycles. The van der Waals surface area contributed by atoms with E-state index in [4.69, 9.17) is 0 Å². The van der Waals surface area contributed by atoms with Crippen molar-refractivity contribution in [3.63, 3.8) is 0 Å². The van der Waals surface area contributed by atoms with Crippen LogP contribution >= 0.6 is 0 Å². The Labute approximate surface area is 172 Å².